The molecule has 0 radical (unpaired) electrons. The first kappa shape index (κ1) is 8.67. The molecule has 0 amide bonds. The van der Waals surface area contributed by atoms with Crippen LogP contribution in [0.25, 0.3) is 5.52 Å². The summed E-state index contributed by atoms with van der Waals surface area (Å²) in [5.74, 6) is 0.989. The van der Waals surface area contributed by atoms with E-state index in [1.165, 1.54) is 0 Å². The van der Waals surface area contributed by atoms with Gasteiger partial charge in [0.2, 0.25) is 0 Å². The van der Waals surface area contributed by atoms with Crippen LogP contribution in [0.15, 0.2) is 24.7 Å². The molecule has 3 heterocycles. The van der Waals surface area contributed by atoms with Gasteiger partial charge in [-0.25, -0.2) is 9.50 Å². The average molecular weight is 203 g/mol. The van der Waals surface area contributed by atoms with Crippen molar-refractivity contribution in [1.29, 1.82) is 0 Å². The Morgan fingerprint density at radius 2 is 2.33 bits per heavy atom. The molecule has 1 aliphatic rings. The smallest absolute Gasteiger partial charge is 0.154 e. The molecule has 1 aliphatic heterocycles. The number of fused-ring (bicyclic) bond motifs is 1. The van der Waals surface area contributed by atoms with Crippen molar-refractivity contribution in [3.63, 3.8) is 0 Å². The monoisotopic (exact) mass is 203 g/mol. The van der Waals surface area contributed by atoms with Gasteiger partial charge in [-0.05, 0) is 12.5 Å². The fourth-order valence-electron chi connectivity index (χ4n) is 2.07. The highest BCUT2D eigenvalue weighted by Gasteiger charge is 2.21. The second-order valence-corrected chi connectivity index (χ2v) is 3.91. The zero-order valence-corrected chi connectivity index (χ0v) is 8.37. The molecule has 0 aliphatic carbocycles. The van der Waals surface area contributed by atoms with Crippen molar-refractivity contribution in [3.8, 4) is 0 Å². The Bertz CT molecular complexity index is 477. The molecule has 78 valence electrons. The van der Waals surface area contributed by atoms with E-state index in [4.69, 9.17) is 5.73 Å². The van der Waals surface area contributed by atoms with E-state index in [2.05, 4.69) is 15.0 Å². The van der Waals surface area contributed by atoms with Crippen LogP contribution < -0.4 is 10.6 Å². The number of hydrogen-bond acceptors (Lipinski definition) is 4. The molecule has 3 rings (SSSR count). The molecule has 15 heavy (non-hydrogen) atoms. The summed E-state index contributed by atoms with van der Waals surface area (Å²) in [7, 11) is 0. The van der Waals surface area contributed by atoms with Gasteiger partial charge in [-0.3, -0.25) is 0 Å². The molecule has 0 bridgehead atoms. The Morgan fingerprint density at radius 1 is 1.40 bits per heavy atom. The highest BCUT2D eigenvalue weighted by Crippen LogP contribution is 2.21. The zero-order chi connectivity index (χ0) is 10.3. The zero-order valence-electron chi connectivity index (χ0n) is 8.37. The lowest BCUT2D eigenvalue weighted by Crippen LogP contribution is -2.27. The summed E-state index contributed by atoms with van der Waals surface area (Å²) in [5, 5.41) is 4.19. The van der Waals surface area contributed by atoms with Crippen LogP contribution in [-0.2, 0) is 0 Å². The van der Waals surface area contributed by atoms with Gasteiger partial charge in [0, 0.05) is 31.5 Å². The van der Waals surface area contributed by atoms with Crippen molar-refractivity contribution in [3.05, 3.63) is 24.7 Å². The largest absolute Gasteiger partial charge is 0.353 e. The van der Waals surface area contributed by atoms with Gasteiger partial charge < -0.3 is 10.6 Å². The van der Waals surface area contributed by atoms with E-state index in [0.29, 0.717) is 0 Å². The number of aromatic nitrogens is 3. The van der Waals surface area contributed by atoms with E-state index in [0.717, 1.165) is 30.8 Å². The molecule has 1 unspecified atom stereocenters. The van der Waals surface area contributed by atoms with Crippen LogP contribution in [0.1, 0.15) is 6.42 Å². The summed E-state index contributed by atoms with van der Waals surface area (Å²) in [6.45, 7) is 1.87. The van der Waals surface area contributed by atoms with Crippen molar-refractivity contribution in [2.45, 2.75) is 12.5 Å². The van der Waals surface area contributed by atoms with Crippen molar-refractivity contribution in [2.24, 2.45) is 5.73 Å². The van der Waals surface area contributed by atoms with Gasteiger partial charge in [-0.2, -0.15) is 5.10 Å². The number of rotatable bonds is 1. The maximum atomic E-state index is 5.89. The molecule has 1 atom stereocenters. The van der Waals surface area contributed by atoms with E-state index in [9.17, 15) is 0 Å². The van der Waals surface area contributed by atoms with Crippen LogP contribution in [0.3, 0.4) is 0 Å². The van der Waals surface area contributed by atoms with E-state index in [1.807, 2.05) is 16.8 Å². The molecule has 0 saturated carbocycles. The molecule has 2 aromatic heterocycles. The van der Waals surface area contributed by atoms with Crippen molar-refractivity contribution >= 4 is 11.3 Å². The number of hydrogen-bond donors (Lipinski definition) is 1. The maximum Gasteiger partial charge on any atom is 0.154 e. The van der Waals surface area contributed by atoms with Crippen molar-refractivity contribution in [1.82, 2.24) is 14.6 Å². The molecule has 5 heteroatoms. The van der Waals surface area contributed by atoms with Gasteiger partial charge in [0.25, 0.3) is 0 Å². The van der Waals surface area contributed by atoms with Gasteiger partial charge in [0.15, 0.2) is 5.82 Å². The second-order valence-electron chi connectivity index (χ2n) is 3.91. The third kappa shape index (κ3) is 1.35. The molecule has 2 aromatic rings. The Morgan fingerprint density at radius 3 is 3.13 bits per heavy atom. The first-order valence-corrected chi connectivity index (χ1v) is 5.13. The first-order valence-electron chi connectivity index (χ1n) is 5.13. The van der Waals surface area contributed by atoms with Gasteiger partial charge in [-0.15, -0.1) is 0 Å². The van der Waals surface area contributed by atoms with Crippen LogP contribution in [0.4, 0.5) is 5.82 Å². The standard InChI is InChI=1S/C10H13N5/c11-8-2-5-14(7-8)10-9-1-3-13-15(9)6-4-12-10/h1,3-4,6,8H,2,5,7,11H2. The maximum absolute atomic E-state index is 5.89. The molecule has 2 N–H and O–H groups in total. The summed E-state index contributed by atoms with van der Waals surface area (Å²) in [5.41, 5.74) is 6.94. The Balaban J connectivity index is 2.06. The van der Waals surface area contributed by atoms with Crippen molar-refractivity contribution in [2.75, 3.05) is 18.0 Å². The molecular formula is C10H13N5. The van der Waals surface area contributed by atoms with Crippen LogP contribution >= 0.6 is 0 Å². The first-order chi connectivity index (χ1) is 7.34. The minimum Gasteiger partial charge on any atom is -0.353 e. The highest BCUT2D eigenvalue weighted by molar-refractivity contribution is 5.68. The third-order valence-corrected chi connectivity index (χ3v) is 2.83. The molecule has 0 aromatic carbocycles. The number of anilines is 1. The van der Waals surface area contributed by atoms with E-state index >= 15 is 0 Å². The summed E-state index contributed by atoms with van der Waals surface area (Å²) in [4.78, 5) is 6.63. The summed E-state index contributed by atoms with van der Waals surface area (Å²) in [6.07, 6.45) is 6.46. The predicted octanol–water partition coefficient (Wildman–Crippen LogP) is 0.267. The lowest BCUT2D eigenvalue weighted by molar-refractivity contribution is 0.751. The lowest BCUT2D eigenvalue weighted by atomic mass is 10.3. The summed E-state index contributed by atoms with van der Waals surface area (Å²) in [6, 6.07) is 2.25. The lowest BCUT2D eigenvalue weighted by Gasteiger charge is -2.17. The SMILES string of the molecule is NC1CCN(c2nccn3nccc23)C1. The van der Waals surface area contributed by atoms with Crippen LogP contribution in [0, 0.1) is 0 Å². The minimum atomic E-state index is 0.273. The normalized spacial score (nSPS) is 21.4. The fourth-order valence-corrected chi connectivity index (χ4v) is 2.07. The van der Waals surface area contributed by atoms with E-state index < -0.39 is 0 Å². The Kier molecular flexibility index (Phi) is 1.85. The van der Waals surface area contributed by atoms with Gasteiger partial charge in [-0.1, -0.05) is 0 Å². The topological polar surface area (TPSA) is 59.5 Å². The Labute approximate surface area is 87.5 Å². The fraction of sp³-hybridized carbons (Fsp3) is 0.400. The van der Waals surface area contributed by atoms with Crippen molar-refractivity contribution < 1.29 is 0 Å². The van der Waals surface area contributed by atoms with E-state index in [1.54, 1.807) is 12.4 Å². The third-order valence-electron chi connectivity index (χ3n) is 2.83. The molecule has 1 fully saturated rings. The number of nitrogens with two attached hydrogens (primary N) is 1. The summed E-state index contributed by atoms with van der Waals surface area (Å²) < 4.78 is 1.84. The Hall–Kier alpha value is -1.62. The minimum absolute atomic E-state index is 0.273. The van der Waals surface area contributed by atoms with Gasteiger partial charge >= 0.3 is 0 Å². The predicted molar refractivity (Wildman–Crippen MR) is 57.8 cm³/mol. The molecular weight excluding hydrogens is 190 g/mol. The quantitative estimate of drug-likeness (QED) is 0.722. The van der Waals surface area contributed by atoms with Gasteiger partial charge in [0.05, 0.1) is 6.20 Å². The molecule has 5 nitrogen and oxygen atoms in total. The summed E-state index contributed by atoms with van der Waals surface area (Å²) >= 11 is 0. The number of nitrogens with zero attached hydrogens (tertiary/aromatic N) is 4. The second kappa shape index (κ2) is 3.20. The van der Waals surface area contributed by atoms with E-state index in [-0.39, 0.29) is 6.04 Å². The van der Waals surface area contributed by atoms with Crippen LogP contribution in [0.5, 0.6) is 0 Å². The average Bonchev–Trinajstić information content (AvgIpc) is 2.84. The highest BCUT2D eigenvalue weighted by atomic mass is 15.3. The molecule has 0 spiro atoms. The molecule has 1 saturated heterocycles. The van der Waals surface area contributed by atoms with Gasteiger partial charge in [0.1, 0.15) is 5.52 Å². The van der Waals surface area contributed by atoms with Crippen LogP contribution in [0.2, 0.25) is 0 Å². The van der Waals surface area contributed by atoms with Crippen LogP contribution in [-0.4, -0.2) is 33.7 Å².